The van der Waals surface area contributed by atoms with Gasteiger partial charge >= 0.3 is 0 Å². The van der Waals surface area contributed by atoms with E-state index in [1.807, 2.05) is 18.6 Å². The van der Waals surface area contributed by atoms with Crippen molar-refractivity contribution in [1.82, 2.24) is 14.7 Å². The van der Waals surface area contributed by atoms with Crippen molar-refractivity contribution in [3.8, 4) is 0 Å². The lowest BCUT2D eigenvalue weighted by atomic mass is 9.93. The zero-order chi connectivity index (χ0) is 10.1. The molecule has 2 aromatic heterocycles. The van der Waals surface area contributed by atoms with Gasteiger partial charge in [-0.1, -0.05) is 12.5 Å². The van der Waals surface area contributed by atoms with E-state index in [-0.39, 0.29) is 0 Å². The Morgan fingerprint density at radius 3 is 3.13 bits per heavy atom. The third-order valence-corrected chi connectivity index (χ3v) is 3.19. The fraction of sp³-hybridized carbons (Fsp3) is 0.417. The van der Waals surface area contributed by atoms with Crippen LogP contribution in [0.5, 0.6) is 0 Å². The Balaban J connectivity index is 1.80. The Hall–Kier alpha value is -1.35. The van der Waals surface area contributed by atoms with Crippen molar-refractivity contribution in [2.75, 3.05) is 0 Å². The van der Waals surface area contributed by atoms with E-state index in [0.717, 1.165) is 18.2 Å². The third kappa shape index (κ3) is 1.63. The Morgan fingerprint density at radius 1 is 1.40 bits per heavy atom. The standard InChI is InChI=1S/C12H15N3/c1-4-11(5-1)14-9-10-3-2-7-15-8-6-13-12(10)15/h2-3,6-8,11,14H,1,4-5,9H2. The number of imidazole rings is 1. The Labute approximate surface area is 89.1 Å². The summed E-state index contributed by atoms with van der Waals surface area (Å²) in [5, 5.41) is 3.56. The number of pyridine rings is 1. The number of hydrogen-bond acceptors (Lipinski definition) is 2. The molecule has 0 bridgehead atoms. The van der Waals surface area contributed by atoms with Gasteiger partial charge in [0.1, 0.15) is 5.65 Å². The van der Waals surface area contributed by atoms with Gasteiger partial charge in [-0.25, -0.2) is 4.98 Å². The van der Waals surface area contributed by atoms with E-state index in [2.05, 4.69) is 26.8 Å². The number of rotatable bonds is 3. The van der Waals surface area contributed by atoms with Crippen LogP contribution in [-0.4, -0.2) is 15.4 Å². The summed E-state index contributed by atoms with van der Waals surface area (Å²) in [6.07, 6.45) is 9.92. The summed E-state index contributed by atoms with van der Waals surface area (Å²) in [5.74, 6) is 0. The highest BCUT2D eigenvalue weighted by Gasteiger charge is 2.16. The molecule has 0 unspecified atom stereocenters. The van der Waals surface area contributed by atoms with E-state index < -0.39 is 0 Å². The average Bonchev–Trinajstić information content (AvgIpc) is 2.63. The van der Waals surface area contributed by atoms with Gasteiger partial charge in [0.2, 0.25) is 0 Å². The predicted molar refractivity (Wildman–Crippen MR) is 59.7 cm³/mol. The topological polar surface area (TPSA) is 29.3 Å². The molecule has 78 valence electrons. The van der Waals surface area contributed by atoms with Crippen molar-refractivity contribution in [2.24, 2.45) is 0 Å². The van der Waals surface area contributed by atoms with Gasteiger partial charge in [-0.2, -0.15) is 0 Å². The highest BCUT2D eigenvalue weighted by Crippen LogP contribution is 2.19. The van der Waals surface area contributed by atoms with Gasteiger partial charge in [0.05, 0.1) is 0 Å². The number of nitrogens with zero attached hydrogens (tertiary/aromatic N) is 2. The normalized spacial score (nSPS) is 16.8. The van der Waals surface area contributed by atoms with E-state index in [9.17, 15) is 0 Å². The molecule has 3 rings (SSSR count). The first-order valence-electron chi connectivity index (χ1n) is 5.57. The zero-order valence-electron chi connectivity index (χ0n) is 8.69. The van der Waals surface area contributed by atoms with Gasteiger partial charge in [0.15, 0.2) is 0 Å². The van der Waals surface area contributed by atoms with E-state index in [0.29, 0.717) is 0 Å². The smallest absolute Gasteiger partial charge is 0.141 e. The zero-order valence-corrected chi connectivity index (χ0v) is 8.69. The molecule has 3 nitrogen and oxygen atoms in total. The van der Waals surface area contributed by atoms with Crippen LogP contribution in [0.2, 0.25) is 0 Å². The summed E-state index contributed by atoms with van der Waals surface area (Å²) >= 11 is 0. The molecule has 1 aliphatic rings. The SMILES string of the molecule is c1cc(CNC2CCC2)c2nccn2c1. The van der Waals surface area contributed by atoms with Crippen LogP contribution in [0.15, 0.2) is 30.7 Å². The lowest BCUT2D eigenvalue weighted by Crippen LogP contribution is -2.34. The van der Waals surface area contributed by atoms with Gasteiger partial charge in [0, 0.05) is 36.7 Å². The second kappa shape index (κ2) is 3.66. The Morgan fingerprint density at radius 2 is 2.33 bits per heavy atom. The Kier molecular flexibility index (Phi) is 2.18. The van der Waals surface area contributed by atoms with E-state index in [4.69, 9.17) is 0 Å². The summed E-state index contributed by atoms with van der Waals surface area (Å²) in [4.78, 5) is 4.36. The molecule has 0 spiro atoms. The van der Waals surface area contributed by atoms with Crippen LogP contribution < -0.4 is 5.32 Å². The second-order valence-corrected chi connectivity index (χ2v) is 4.20. The highest BCUT2D eigenvalue weighted by molar-refractivity contribution is 5.47. The largest absolute Gasteiger partial charge is 0.310 e. The highest BCUT2D eigenvalue weighted by atomic mass is 15.0. The summed E-state index contributed by atoms with van der Waals surface area (Å²) < 4.78 is 2.07. The van der Waals surface area contributed by atoms with Crippen LogP contribution in [0.3, 0.4) is 0 Å². The molecule has 0 aromatic carbocycles. The lowest BCUT2D eigenvalue weighted by Gasteiger charge is -2.26. The van der Waals surface area contributed by atoms with Gasteiger partial charge < -0.3 is 9.72 Å². The van der Waals surface area contributed by atoms with Gasteiger partial charge in [-0.15, -0.1) is 0 Å². The molecule has 0 radical (unpaired) electrons. The summed E-state index contributed by atoms with van der Waals surface area (Å²) in [6.45, 7) is 0.937. The fourth-order valence-corrected chi connectivity index (χ4v) is 2.01. The molecule has 15 heavy (non-hydrogen) atoms. The maximum atomic E-state index is 4.36. The van der Waals surface area contributed by atoms with Crippen LogP contribution in [0.1, 0.15) is 24.8 Å². The summed E-state index contributed by atoms with van der Waals surface area (Å²) in [7, 11) is 0. The molecule has 0 amide bonds. The molecule has 2 aromatic rings. The van der Waals surface area contributed by atoms with Crippen LogP contribution in [0.25, 0.3) is 5.65 Å². The maximum Gasteiger partial charge on any atom is 0.141 e. The number of hydrogen-bond donors (Lipinski definition) is 1. The molecule has 0 saturated heterocycles. The van der Waals surface area contributed by atoms with Gasteiger partial charge in [0.25, 0.3) is 0 Å². The summed E-state index contributed by atoms with van der Waals surface area (Å²) in [6, 6.07) is 4.96. The minimum absolute atomic E-state index is 0.736. The van der Waals surface area contributed by atoms with Crippen LogP contribution in [-0.2, 0) is 6.54 Å². The molecule has 1 saturated carbocycles. The molecule has 2 heterocycles. The first-order chi connectivity index (χ1) is 7.43. The van der Waals surface area contributed by atoms with Gasteiger partial charge in [-0.05, 0) is 18.9 Å². The van der Waals surface area contributed by atoms with E-state index in [1.165, 1.54) is 24.8 Å². The second-order valence-electron chi connectivity index (χ2n) is 4.20. The Bertz CT molecular complexity index is 457. The third-order valence-electron chi connectivity index (χ3n) is 3.19. The van der Waals surface area contributed by atoms with E-state index in [1.54, 1.807) is 0 Å². The lowest BCUT2D eigenvalue weighted by molar-refractivity contribution is 0.338. The number of nitrogens with one attached hydrogen (secondary N) is 1. The molecule has 1 fully saturated rings. The van der Waals surface area contributed by atoms with Crippen LogP contribution in [0.4, 0.5) is 0 Å². The van der Waals surface area contributed by atoms with Gasteiger partial charge in [-0.3, -0.25) is 0 Å². The quantitative estimate of drug-likeness (QED) is 0.822. The predicted octanol–water partition coefficient (Wildman–Crippen LogP) is 1.98. The molecule has 0 aliphatic heterocycles. The molecule has 3 heteroatoms. The van der Waals surface area contributed by atoms with E-state index >= 15 is 0 Å². The molecule has 0 atom stereocenters. The van der Waals surface area contributed by atoms with Crippen molar-refractivity contribution in [3.05, 3.63) is 36.3 Å². The molecule has 1 aliphatic carbocycles. The minimum Gasteiger partial charge on any atom is -0.310 e. The number of aromatic nitrogens is 2. The fourth-order valence-electron chi connectivity index (χ4n) is 2.01. The monoisotopic (exact) mass is 201 g/mol. The maximum absolute atomic E-state index is 4.36. The first kappa shape index (κ1) is 8.92. The number of fused-ring (bicyclic) bond motifs is 1. The molecule has 1 N–H and O–H groups in total. The van der Waals surface area contributed by atoms with Crippen molar-refractivity contribution in [3.63, 3.8) is 0 Å². The van der Waals surface area contributed by atoms with Crippen molar-refractivity contribution in [1.29, 1.82) is 0 Å². The van der Waals surface area contributed by atoms with Crippen LogP contribution in [0, 0.1) is 0 Å². The van der Waals surface area contributed by atoms with Crippen molar-refractivity contribution in [2.45, 2.75) is 31.8 Å². The van der Waals surface area contributed by atoms with Crippen LogP contribution >= 0.6 is 0 Å². The van der Waals surface area contributed by atoms with Crippen molar-refractivity contribution >= 4 is 5.65 Å². The van der Waals surface area contributed by atoms with Crippen molar-refractivity contribution < 1.29 is 0 Å². The molecular weight excluding hydrogens is 186 g/mol. The first-order valence-corrected chi connectivity index (χ1v) is 5.57. The molecular formula is C12H15N3. The summed E-state index contributed by atoms with van der Waals surface area (Å²) in [5.41, 5.74) is 2.36. The minimum atomic E-state index is 0.736. The average molecular weight is 201 g/mol.